The molecule has 1 spiro atoms. The fourth-order valence-corrected chi connectivity index (χ4v) is 5.59. The van der Waals surface area contributed by atoms with Gasteiger partial charge in [0.1, 0.15) is 6.10 Å². The summed E-state index contributed by atoms with van der Waals surface area (Å²) in [6, 6.07) is 13.3. The number of carboxylic acid groups (broad SMARTS) is 1. The third kappa shape index (κ3) is 3.85. The highest BCUT2D eigenvalue weighted by molar-refractivity contribution is 6.33. The first kappa shape index (κ1) is 20.5. The van der Waals surface area contributed by atoms with E-state index >= 15 is 0 Å². The number of amides is 1. The molecule has 162 valence electrons. The van der Waals surface area contributed by atoms with Crippen molar-refractivity contribution in [3.8, 4) is 11.1 Å². The summed E-state index contributed by atoms with van der Waals surface area (Å²) in [5.74, 6) is -0.252. The molecule has 31 heavy (non-hydrogen) atoms. The van der Waals surface area contributed by atoms with Crippen LogP contribution in [0.5, 0.6) is 0 Å². The molecule has 0 aromatic heterocycles. The van der Waals surface area contributed by atoms with E-state index in [-0.39, 0.29) is 17.6 Å². The topological polar surface area (TPSA) is 66.8 Å². The number of carbonyl (C=O) groups excluding carboxylic acids is 1. The number of nitrogens with zero attached hydrogens (tertiary/aromatic N) is 1. The van der Waals surface area contributed by atoms with E-state index in [0.29, 0.717) is 23.0 Å². The minimum atomic E-state index is -0.980. The zero-order chi connectivity index (χ0) is 21.6. The van der Waals surface area contributed by atoms with Gasteiger partial charge in [-0.2, -0.15) is 0 Å². The number of piperidine rings is 1. The standard InChI is InChI=1S/C25H26ClNO4/c26-21-14-18(24(29)30)7-8-19(21)16-3-5-17(6-4-16)20-15-25(20)9-11-27(12-10-25)23(28)22-2-1-13-31-22/h3-8,14,20,22H,1-2,9-13,15H2,(H,29,30)/t20-,22?/m1/s1. The zero-order valence-corrected chi connectivity index (χ0v) is 18.1. The van der Waals surface area contributed by atoms with Crippen LogP contribution in [0.2, 0.25) is 5.02 Å². The third-order valence-corrected chi connectivity index (χ3v) is 7.62. The Hall–Kier alpha value is -2.37. The Balaban J connectivity index is 1.23. The van der Waals surface area contributed by atoms with E-state index < -0.39 is 5.97 Å². The molecule has 2 saturated heterocycles. The molecule has 1 aliphatic carbocycles. The molecule has 2 aromatic carbocycles. The van der Waals surface area contributed by atoms with Gasteiger partial charge in [0, 0.05) is 30.3 Å². The number of carboxylic acids is 1. The van der Waals surface area contributed by atoms with Crippen molar-refractivity contribution in [2.75, 3.05) is 19.7 Å². The van der Waals surface area contributed by atoms with Gasteiger partial charge in [-0.15, -0.1) is 0 Å². The molecule has 1 saturated carbocycles. The molecule has 2 atom stereocenters. The van der Waals surface area contributed by atoms with Crippen LogP contribution in [0.25, 0.3) is 11.1 Å². The Labute approximate surface area is 187 Å². The highest BCUT2D eigenvalue weighted by Crippen LogP contribution is 2.65. The predicted molar refractivity (Wildman–Crippen MR) is 118 cm³/mol. The van der Waals surface area contributed by atoms with Gasteiger partial charge in [-0.05, 0) is 66.7 Å². The van der Waals surface area contributed by atoms with E-state index in [9.17, 15) is 9.59 Å². The van der Waals surface area contributed by atoms with Gasteiger partial charge in [-0.25, -0.2) is 4.79 Å². The molecule has 2 aromatic rings. The van der Waals surface area contributed by atoms with Crippen LogP contribution in [-0.4, -0.2) is 47.7 Å². The van der Waals surface area contributed by atoms with E-state index in [4.69, 9.17) is 21.4 Å². The molecule has 6 heteroatoms. The Morgan fingerprint density at radius 3 is 2.45 bits per heavy atom. The number of carbonyl (C=O) groups is 2. The fraction of sp³-hybridized carbons (Fsp3) is 0.440. The van der Waals surface area contributed by atoms with Crippen LogP contribution in [0.1, 0.15) is 53.9 Å². The average molecular weight is 440 g/mol. The molecule has 1 N–H and O–H groups in total. The van der Waals surface area contributed by atoms with Crippen LogP contribution < -0.4 is 0 Å². The lowest BCUT2D eigenvalue weighted by Crippen LogP contribution is -2.44. The molecular weight excluding hydrogens is 414 g/mol. The monoisotopic (exact) mass is 439 g/mol. The van der Waals surface area contributed by atoms with E-state index in [1.54, 1.807) is 12.1 Å². The molecule has 0 bridgehead atoms. The van der Waals surface area contributed by atoms with Crippen LogP contribution in [0.15, 0.2) is 42.5 Å². The summed E-state index contributed by atoms with van der Waals surface area (Å²) >= 11 is 6.32. The smallest absolute Gasteiger partial charge is 0.335 e. The molecule has 3 fully saturated rings. The van der Waals surface area contributed by atoms with Crippen LogP contribution in [0.3, 0.4) is 0 Å². The summed E-state index contributed by atoms with van der Waals surface area (Å²) in [4.78, 5) is 25.7. The first-order valence-electron chi connectivity index (χ1n) is 11.0. The Bertz CT molecular complexity index is 1000. The first-order chi connectivity index (χ1) is 15.0. The summed E-state index contributed by atoms with van der Waals surface area (Å²) in [5, 5.41) is 9.55. The molecule has 1 amide bonds. The van der Waals surface area contributed by atoms with Crippen molar-refractivity contribution >= 4 is 23.5 Å². The van der Waals surface area contributed by atoms with Gasteiger partial charge in [0.25, 0.3) is 5.91 Å². The maximum atomic E-state index is 12.6. The quantitative estimate of drug-likeness (QED) is 0.729. The van der Waals surface area contributed by atoms with Gasteiger partial charge in [0.2, 0.25) is 0 Å². The van der Waals surface area contributed by atoms with Crippen LogP contribution in [0, 0.1) is 5.41 Å². The van der Waals surface area contributed by atoms with Crippen LogP contribution in [-0.2, 0) is 9.53 Å². The van der Waals surface area contributed by atoms with Crippen molar-refractivity contribution < 1.29 is 19.4 Å². The number of aromatic carboxylic acids is 1. The Morgan fingerprint density at radius 1 is 1.10 bits per heavy atom. The maximum Gasteiger partial charge on any atom is 0.335 e. The van der Waals surface area contributed by atoms with E-state index in [1.807, 2.05) is 4.90 Å². The van der Waals surface area contributed by atoms with Gasteiger partial charge in [-0.3, -0.25) is 4.79 Å². The van der Waals surface area contributed by atoms with Crippen molar-refractivity contribution in [3.05, 3.63) is 58.6 Å². The van der Waals surface area contributed by atoms with Crippen LogP contribution in [0.4, 0.5) is 0 Å². The third-order valence-electron chi connectivity index (χ3n) is 7.31. The normalized spacial score (nSPS) is 24.4. The van der Waals surface area contributed by atoms with Gasteiger partial charge in [0.15, 0.2) is 0 Å². The molecule has 0 radical (unpaired) electrons. The summed E-state index contributed by atoms with van der Waals surface area (Å²) in [5.41, 5.74) is 3.67. The Morgan fingerprint density at radius 2 is 1.84 bits per heavy atom. The van der Waals surface area contributed by atoms with Crippen LogP contribution >= 0.6 is 11.6 Å². The number of likely N-dealkylation sites (tertiary alicyclic amines) is 1. The zero-order valence-electron chi connectivity index (χ0n) is 17.4. The second-order valence-electron chi connectivity index (χ2n) is 9.07. The molecule has 2 heterocycles. The number of hydrogen-bond donors (Lipinski definition) is 1. The van der Waals surface area contributed by atoms with Crippen molar-refractivity contribution in [2.24, 2.45) is 5.41 Å². The van der Waals surface area contributed by atoms with Gasteiger partial charge < -0.3 is 14.7 Å². The molecule has 2 aliphatic heterocycles. The van der Waals surface area contributed by atoms with Gasteiger partial charge in [0.05, 0.1) is 5.56 Å². The van der Waals surface area contributed by atoms with Gasteiger partial charge in [-0.1, -0.05) is 41.9 Å². The highest BCUT2D eigenvalue weighted by atomic mass is 35.5. The average Bonchev–Trinajstić information content (AvgIpc) is 3.20. The second-order valence-corrected chi connectivity index (χ2v) is 9.48. The largest absolute Gasteiger partial charge is 0.478 e. The lowest BCUT2D eigenvalue weighted by molar-refractivity contribution is -0.142. The van der Waals surface area contributed by atoms with Crippen molar-refractivity contribution in [2.45, 2.75) is 44.1 Å². The first-order valence-corrected chi connectivity index (χ1v) is 11.4. The number of rotatable bonds is 4. The number of halogens is 1. The molecule has 5 nitrogen and oxygen atoms in total. The molecule has 3 aliphatic rings. The number of ether oxygens (including phenoxy) is 1. The van der Waals surface area contributed by atoms with Gasteiger partial charge >= 0.3 is 5.97 Å². The minimum Gasteiger partial charge on any atom is -0.478 e. The van der Waals surface area contributed by atoms with E-state index in [1.165, 1.54) is 18.1 Å². The second kappa shape index (κ2) is 7.95. The number of hydrogen-bond acceptors (Lipinski definition) is 3. The summed E-state index contributed by atoms with van der Waals surface area (Å²) in [6.07, 6.45) is 4.93. The summed E-state index contributed by atoms with van der Waals surface area (Å²) in [6.45, 7) is 2.37. The predicted octanol–water partition coefficient (Wildman–Crippen LogP) is 4.98. The summed E-state index contributed by atoms with van der Waals surface area (Å²) < 4.78 is 5.57. The lowest BCUT2D eigenvalue weighted by atomic mass is 9.88. The maximum absolute atomic E-state index is 12.6. The molecule has 5 rings (SSSR count). The molecule has 1 unspecified atom stereocenters. The fourth-order valence-electron chi connectivity index (χ4n) is 5.30. The highest BCUT2D eigenvalue weighted by Gasteiger charge is 2.55. The van der Waals surface area contributed by atoms with E-state index in [2.05, 4.69) is 24.3 Å². The Kier molecular flexibility index (Phi) is 5.27. The summed E-state index contributed by atoms with van der Waals surface area (Å²) in [7, 11) is 0. The van der Waals surface area contributed by atoms with Crippen molar-refractivity contribution in [1.82, 2.24) is 4.90 Å². The molecular formula is C25H26ClNO4. The van der Waals surface area contributed by atoms with Crippen molar-refractivity contribution in [1.29, 1.82) is 0 Å². The number of benzene rings is 2. The van der Waals surface area contributed by atoms with Crippen molar-refractivity contribution in [3.63, 3.8) is 0 Å². The minimum absolute atomic E-state index is 0.180. The van der Waals surface area contributed by atoms with E-state index in [0.717, 1.165) is 49.9 Å². The SMILES string of the molecule is O=C(O)c1ccc(-c2ccc([C@H]3CC34CCN(C(=O)C3CCCO3)CC4)cc2)c(Cl)c1. The lowest BCUT2D eigenvalue weighted by Gasteiger charge is -2.34.